The third kappa shape index (κ3) is 3.48. The van der Waals surface area contributed by atoms with Crippen LogP contribution in [-0.2, 0) is 13.1 Å². The largest absolute Gasteiger partial charge is 0.467 e. The highest BCUT2D eigenvalue weighted by molar-refractivity contribution is 5.94. The topological polar surface area (TPSA) is 59.5 Å². The van der Waals surface area contributed by atoms with Crippen molar-refractivity contribution in [3.8, 4) is 0 Å². The summed E-state index contributed by atoms with van der Waals surface area (Å²) in [6.45, 7) is 0.242. The Morgan fingerprint density at radius 3 is 2.67 bits per heavy atom. The Kier molecular flexibility index (Phi) is 4.94. The summed E-state index contributed by atoms with van der Waals surface area (Å²) in [7, 11) is 0. The van der Waals surface area contributed by atoms with Crippen LogP contribution in [0.5, 0.6) is 0 Å². The van der Waals surface area contributed by atoms with E-state index in [2.05, 4.69) is 0 Å². The molecule has 128 valence electrons. The zero-order chi connectivity index (χ0) is 17.1. The summed E-state index contributed by atoms with van der Waals surface area (Å²) in [4.78, 5) is 14.5. The van der Waals surface area contributed by atoms with Crippen molar-refractivity contribution < 1.29 is 18.0 Å². The van der Waals surface area contributed by atoms with E-state index in [0.717, 1.165) is 43.9 Å². The highest BCUT2D eigenvalue weighted by Crippen LogP contribution is 2.27. The van der Waals surface area contributed by atoms with Gasteiger partial charge in [0.05, 0.1) is 12.1 Å². The number of rotatable bonds is 5. The lowest BCUT2D eigenvalue weighted by atomic mass is 10.1. The second kappa shape index (κ2) is 7.13. The van der Waals surface area contributed by atoms with Gasteiger partial charge in [-0.2, -0.15) is 0 Å². The average molecular weight is 334 g/mol. The molecule has 1 heterocycles. The fourth-order valence-electron chi connectivity index (χ4n) is 3.20. The van der Waals surface area contributed by atoms with Crippen molar-refractivity contribution in [3.05, 3.63) is 59.1 Å². The molecule has 1 aromatic heterocycles. The number of halogens is 2. The van der Waals surface area contributed by atoms with Crippen LogP contribution in [0.15, 0.2) is 34.9 Å². The van der Waals surface area contributed by atoms with E-state index in [1.807, 2.05) is 0 Å². The summed E-state index contributed by atoms with van der Waals surface area (Å²) in [5.74, 6) is -0.753. The fraction of sp³-hybridized carbons (Fsp3) is 0.389. The van der Waals surface area contributed by atoms with Gasteiger partial charge in [0.1, 0.15) is 23.7 Å². The minimum atomic E-state index is -0.515. The molecule has 1 aliphatic carbocycles. The molecule has 0 saturated heterocycles. The number of carbonyl (C=O) groups is 1. The van der Waals surface area contributed by atoms with Gasteiger partial charge in [-0.1, -0.05) is 12.8 Å². The van der Waals surface area contributed by atoms with Crippen molar-refractivity contribution in [3.63, 3.8) is 0 Å². The first kappa shape index (κ1) is 16.6. The summed E-state index contributed by atoms with van der Waals surface area (Å²) in [5, 5.41) is 0. The summed E-state index contributed by atoms with van der Waals surface area (Å²) >= 11 is 0. The van der Waals surface area contributed by atoms with E-state index in [4.69, 9.17) is 10.2 Å². The average Bonchev–Trinajstić information content (AvgIpc) is 3.26. The van der Waals surface area contributed by atoms with E-state index in [9.17, 15) is 13.6 Å². The zero-order valence-corrected chi connectivity index (χ0v) is 13.3. The molecule has 0 atom stereocenters. The van der Waals surface area contributed by atoms with Crippen molar-refractivity contribution >= 4 is 5.91 Å². The molecule has 24 heavy (non-hydrogen) atoms. The first-order valence-corrected chi connectivity index (χ1v) is 8.11. The highest BCUT2D eigenvalue weighted by atomic mass is 19.1. The molecule has 1 fully saturated rings. The Balaban J connectivity index is 1.88. The maximum Gasteiger partial charge on any atom is 0.257 e. The molecule has 4 nitrogen and oxygen atoms in total. The van der Waals surface area contributed by atoms with E-state index in [-0.39, 0.29) is 30.6 Å². The van der Waals surface area contributed by atoms with E-state index in [1.54, 1.807) is 11.0 Å². The van der Waals surface area contributed by atoms with E-state index >= 15 is 0 Å². The molecular formula is C18H20F2N2O2. The van der Waals surface area contributed by atoms with Crippen LogP contribution in [0.1, 0.15) is 47.4 Å². The highest BCUT2D eigenvalue weighted by Gasteiger charge is 2.29. The molecule has 1 aliphatic rings. The number of nitrogens with two attached hydrogens (primary N) is 1. The lowest BCUT2D eigenvalue weighted by Crippen LogP contribution is -2.38. The summed E-state index contributed by atoms with van der Waals surface area (Å²) in [5.41, 5.74) is 6.08. The van der Waals surface area contributed by atoms with Gasteiger partial charge in [-0.15, -0.1) is 0 Å². The summed E-state index contributed by atoms with van der Waals surface area (Å²) in [6.07, 6.45) is 5.15. The first-order chi connectivity index (χ1) is 11.6. The van der Waals surface area contributed by atoms with Crippen molar-refractivity contribution in [1.82, 2.24) is 4.90 Å². The Morgan fingerprint density at radius 1 is 1.25 bits per heavy atom. The van der Waals surface area contributed by atoms with Crippen LogP contribution < -0.4 is 5.73 Å². The lowest BCUT2D eigenvalue weighted by molar-refractivity contribution is 0.0661. The van der Waals surface area contributed by atoms with E-state index in [1.165, 1.54) is 6.26 Å². The maximum absolute atomic E-state index is 14.0. The van der Waals surface area contributed by atoms with Gasteiger partial charge in [-0.25, -0.2) is 8.78 Å². The Morgan fingerprint density at radius 2 is 2.00 bits per heavy atom. The van der Waals surface area contributed by atoms with Gasteiger partial charge in [0.25, 0.3) is 5.91 Å². The predicted octanol–water partition coefficient (Wildman–Crippen LogP) is 3.60. The number of nitrogens with zero attached hydrogens (tertiary/aromatic N) is 1. The molecule has 2 aromatic rings. The molecule has 1 aromatic carbocycles. The second-order valence-electron chi connectivity index (χ2n) is 6.11. The molecule has 0 radical (unpaired) electrons. The first-order valence-electron chi connectivity index (χ1n) is 8.11. The third-order valence-electron chi connectivity index (χ3n) is 4.48. The van der Waals surface area contributed by atoms with Crippen LogP contribution in [0.2, 0.25) is 0 Å². The molecule has 0 aliphatic heterocycles. The van der Waals surface area contributed by atoms with Crippen LogP contribution in [0.3, 0.4) is 0 Å². The van der Waals surface area contributed by atoms with Crippen molar-refractivity contribution in [2.24, 2.45) is 5.73 Å². The van der Waals surface area contributed by atoms with Gasteiger partial charge >= 0.3 is 0 Å². The number of hydrogen-bond donors (Lipinski definition) is 1. The van der Waals surface area contributed by atoms with Crippen molar-refractivity contribution in [2.45, 2.75) is 44.8 Å². The number of amides is 1. The van der Waals surface area contributed by atoms with Crippen molar-refractivity contribution in [2.75, 3.05) is 0 Å². The smallest absolute Gasteiger partial charge is 0.257 e. The molecule has 6 heteroatoms. The van der Waals surface area contributed by atoms with Gasteiger partial charge in [0.2, 0.25) is 0 Å². The van der Waals surface area contributed by atoms with E-state index < -0.39 is 11.6 Å². The van der Waals surface area contributed by atoms with Gasteiger partial charge < -0.3 is 15.1 Å². The Labute approximate surface area is 139 Å². The van der Waals surface area contributed by atoms with Gasteiger partial charge in [0.15, 0.2) is 0 Å². The third-order valence-corrected chi connectivity index (χ3v) is 4.48. The summed E-state index contributed by atoms with van der Waals surface area (Å²) in [6, 6.07) is 4.94. The molecule has 0 spiro atoms. The molecule has 3 rings (SSSR count). The van der Waals surface area contributed by atoms with Crippen LogP contribution in [0, 0.1) is 11.6 Å². The number of furan rings is 1. The second-order valence-corrected chi connectivity index (χ2v) is 6.11. The lowest BCUT2D eigenvalue weighted by Gasteiger charge is -2.29. The van der Waals surface area contributed by atoms with Crippen LogP contribution in [-0.4, -0.2) is 16.8 Å². The molecule has 1 saturated carbocycles. The molecule has 2 N–H and O–H groups in total. The van der Waals surface area contributed by atoms with Gasteiger partial charge in [-0.05, 0) is 37.1 Å². The molecule has 0 bridgehead atoms. The Bertz CT molecular complexity index is 724. The van der Waals surface area contributed by atoms with Gasteiger partial charge in [-0.3, -0.25) is 4.79 Å². The van der Waals surface area contributed by atoms with Crippen LogP contribution in [0.25, 0.3) is 0 Å². The maximum atomic E-state index is 14.0. The van der Waals surface area contributed by atoms with Crippen molar-refractivity contribution in [1.29, 1.82) is 0 Å². The van der Waals surface area contributed by atoms with E-state index in [0.29, 0.717) is 11.3 Å². The van der Waals surface area contributed by atoms with Crippen LogP contribution >= 0.6 is 0 Å². The summed E-state index contributed by atoms with van der Waals surface area (Å²) < 4.78 is 32.7. The molecule has 1 amide bonds. The molecule has 0 unspecified atom stereocenters. The fourth-order valence-corrected chi connectivity index (χ4v) is 3.20. The normalized spacial score (nSPS) is 15.0. The quantitative estimate of drug-likeness (QED) is 0.909. The van der Waals surface area contributed by atoms with Gasteiger partial charge in [0, 0.05) is 18.2 Å². The number of benzene rings is 1. The monoisotopic (exact) mass is 334 g/mol. The minimum Gasteiger partial charge on any atom is -0.467 e. The SMILES string of the molecule is NCc1cc(C(=O)N(Cc2cc(F)ccc2F)C2CCCC2)co1. The Hall–Kier alpha value is -2.21. The number of carbonyl (C=O) groups excluding carboxylic acids is 1. The predicted molar refractivity (Wildman–Crippen MR) is 85.1 cm³/mol. The van der Waals surface area contributed by atoms with Crippen LogP contribution in [0.4, 0.5) is 8.78 Å². The zero-order valence-electron chi connectivity index (χ0n) is 13.3. The number of hydrogen-bond acceptors (Lipinski definition) is 3. The molecular weight excluding hydrogens is 314 g/mol. The standard InChI is InChI=1S/C18H20F2N2O2/c19-14-5-6-17(20)12(7-14)10-22(15-3-1-2-4-15)18(23)13-8-16(9-21)24-11-13/h5-8,11,15H,1-4,9-10,21H2. The minimum absolute atomic E-state index is 0.0244.